The van der Waals surface area contributed by atoms with E-state index in [0.717, 1.165) is 25.5 Å². The van der Waals surface area contributed by atoms with Crippen LogP contribution in [0.15, 0.2) is 18.3 Å². The molecule has 14 heavy (non-hydrogen) atoms. The van der Waals surface area contributed by atoms with E-state index in [0.29, 0.717) is 5.69 Å². The van der Waals surface area contributed by atoms with Crippen LogP contribution < -0.4 is 5.73 Å². The number of nitrogens with zero attached hydrogens (tertiary/aromatic N) is 3. The summed E-state index contributed by atoms with van der Waals surface area (Å²) < 4.78 is 2.17. The molecule has 2 rings (SSSR count). The van der Waals surface area contributed by atoms with E-state index in [1.807, 2.05) is 12.1 Å². The second kappa shape index (κ2) is 3.75. The summed E-state index contributed by atoms with van der Waals surface area (Å²) in [6.45, 7) is 3.04. The Balaban J connectivity index is 2.19. The highest BCUT2D eigenvalue weighted by Gasteiger charge is 2.14. The lowest BCUT2D eigenvalue weighted by Gasteiger charge is -2.18. The van der Waals surface area contributed by atoms with Crippen LogP contribution in [0.25, 0.3) is 0 Å². The van der Waals surface area contributed by atoms with Crippen molar-refractivity contribution in [1.29, 1.82) is 0 Å². The minimum Gasteiger partial charge on any atom is -0.396 e. The maximum atomic E-state index is 5.58. The largest absolute Gasteiger partial charge is 0.396 e. The molecule has 1 aromatic rings. The van der Waals surface area contributed by atoms with Crippen molar-refractivity contribution in [1.82, 2.24) is 9.88 Å². The third-order valence-corrected chi connectivity index (χ3v) is 2.40. The van der Waals surface area contributed by atoms with Gasteiger partial charge in [-0.05, 0) is 18.1 Å². The van der Waals surface area contributed by atoms with E-state index in [2.05, 4.69) is 27.7 Å². The lowest BCUT2D eigenvalue weighted by atomic mass is 10.3. The molecule has 4 nitrogen and oxygen atoms in total. The smallest absolute Gasteiger partial charge is 0.322 e. The van der Waals surface area contributed by atoms with Gasteiger partial charge in [0.1, 0.15) is 6.54 Å². The van der Waals surface area contributed by atoms with Gasteiger partial charge in [-0.15, -0.1) is 0 Å². The van der Waals surface area contributed by atoms with Crippen LogP contribution in [0.1, 0.15) is 0 Å². The molecule has 0 radical (unpaired) electrons. The number of pyridine rings is 1. The van der Waals surface area contributed by atoms with Gasteiger partial charge in [0.15, 0.2) is 6.20 Å². The Morgan fingerprint density at radius 2 is 2.36 bits per heavy atom. The second-order valence-electron chi connectivity index (χ2n) is 3.59. The molecule has 0 bridgehead atoms. The molecule has 0 saturated carbocycles. The summed E-state index contributed by atoms with van der Waals surface area (Å²) in [6, 6.07) is 3.84. The molecule has 4 heteroatoms. The first-order valence-electron chi connectivity index (χ1n) is 4.76. The molecule has 0 aromatic carbocycles. The van der Waals surface area contributed by atoms with Crippen LogP contribution in [0, 0.1) is 0 Å². The molecule has 0 aliphatic carbocycles. The molecule has 0 unspecified atom stereocenters. The van der Waals surface area contributed by atoms with Gasteiger partial charge in [-0.3, -0.25) is 4.90 Å². The Labute approximate surface area is 83.7 Å². The number of nitrogen functional groups attached to an aromatic ring is 1. The summed E-state index contributed by atoms with van der Waals surface area (Å²) in [5, 5.41) is 0. The average Bonchev–Trinajstić information content (AvgIpc) is 2.21. The molecule has 1 aromatic heterocycles. The van der Waals surface area contributed by atoms with Crippen molar-refractivity contribution in [2.75, 3.05) is 32.4 Å². The van der Waals surface area contributed by atoms with Gasteiger partial charge in [-0.1, -0.05) is 0 Å². The van der Waals surface area contributed by atoms with Crippen molar-refractivity contribution in [3.05, 3.63) is 18.3 Å². The van der Waals surface area contributed by atoms with Crippen molar-refractivity contribution < 1.29 is 4.58 Å². The number of hydrogen-bond acceptors (Lipinski definition) is 3. The molecular weight excluding hydrogens is 176 g/mol. The summed E-state index contributed by atoms with van der Waals surface area (Å²) in [6.07, 6.45) is 3.85. The zero-order valence-corrected chi connectivity index (χ0v) is 8.35. The van der Waals surface area contributed by atoms with E-state index in [4.69, 9.17) is 5.73 Å². The van der Waals surface area contributed by atoms with E-state index in [9.17, 15) is 0 Å². The van der Waals surface area contributed by atoms with Crippen molar-refractivity contribution in [3.8, 4) is 0 Å². The lowest BCUT2D eigenvalue weighted by molar-refractivity contribution is -0.447. The normalized spacial score (nSPS) is 17.9. The van der Waals surface area contributed by atoms with Crippen LogP contribution in [-0.4, -0.2) is 47.4 Å². The SMILES string of the molecule is CN1CC=[N+](c2ccc(N)cn2)CC1. The fourth-order valence-electron chi connectivity index (χ4n) is 1.47. The summed E-state index contributed by atoms with van der Waals surface area (Å²) in [5.74, 6) is 0.979. The summed E-state index contributed by atoms with van der Waals surface area (Å²) in [5.41, 5.74) is 6.29. The predicted octanol–water partition coefficient (Wildman–Crippen LogP) is 0.324. The van der Waals surface area contributed by atoms with E-state index in [-0.39, 0.29) is 0 Å². The molecule has 74 valence electrons. The van der Waals surface area contributed by atoms with Crippen LogP contribution in [0.4, 0.5) is 11.5 Å². The van der Waals surface area contributed by atoms with Gasteiger partial charge in [-0.25, -0.2) is 4.58 Å². The molecule has 2 heterocycles. The average molecular weight is 191 g/mol. The molecular formula is C10H15N4+. The maximum Gasteiger partial charge on any atom is 0.322 e. The first-order valence-corrected chi connectivity index (χ1v) is 4.76. The second-order valence-corrected chi connectivity index (χ2v) is 3.59. The third-order valence-electron chi connectivity index (χ3n) is 2.40. The van der Waals surface area contributed by atoms with Crippen LogP contribution in [0.3, 0.4) is 0 Å². The standard InChI is InChI=1S/C10H15N4/c1-13-4-6-14(7-5-13)10-3-2-9(11)8-12-10/h2-3,6,8H,4-5,7,11H2,1H3/q+1. The van der Waals surface area contributed by atoms with E-state index in [1.165, 1.54) is 0 Å². The molecule has 2 N–H and O–H groups in total. The molecule has 0 atom stereocenters. The number of hydrogen-bond donors (Lipinski definition) is 1. The quantitative estimate of drug-likeness (QED) is 0.650. The number of nitrogens with two attached hydrogens (primary N) is 1. The first-order chi connectivity index (χ1) is 6.75. The van der Waals surface area contributed by atoms with Gasteiger partial charge in [0, 0.05) is 12.6 Å². The van der Waals surface area contributed by atoms with Crippen molar-refractivity contribution >= 4 is 17.7 Å². The third kappa shape index (κ3) is 1.90. The topological polar surface area (TPSA) is 45.2 Å². The minimum atomic E-state index is 0.711. The zero-order valence-electron chi connectivity index (χ0n) is 8.35. The van der Waals surface area contributed by atoms with Gasteiger partial charge < -0.3 is 5.73 Å². The van der Waals surface area contributed by atoms with E-state index < -0.39 is 0 Å². The van der Waals surface area contributed by atoms with Gasteiger partial charge >= 0.3 is 5.82 Å². The number of likely N-dealkylation sites (N-methyl/N-ethyl adjacent to an activating group) is 1. The fourth-order valence-corrected chi connectivity index (χ4v) is 1.47. The van der Waals surface area contributed by atoms with E-state index >= 15 is 0 Å². The Bertz CT molecular complexity index is 342. The van der Waals surface area contributed by atoms with Crippen LogP contribution in [0.5, 0.6) is 0 Å². The number of anilines is 1. The Morgan fingerprint density at radius 3 is 2.93 bits per heavy atom. The zero-order chi connectivity index (χ0) is 9.97. The Kier molecular flexibility index (Phi) is 2.45. The van der Waals surface area contributed by atoms with Gasteiger partial charge in [0.2, 0.25) is 0 Å². The van der Waals surface area contributed by atoms with Gasteiger partial charge in [-0.2, -0.15) is 0 Å². The molecule has 0 saturated heterocycles. The summed E-state index contributed by atoms with van der Waals surface area (Å²) >= 11 is 0. The molecule has 0 amide bonds. The van der Waals surface area contributed by atoms with Gasteiger partial charge in [0.05, 0.1) is 18.4 Å². The molecule has 1 aliphatic rings. The predicted molar refractivity (Wildman–Crippen MR) is 57.0 cm³/mol. The lowest BCUT2D eigenvalue weighted by Crippen LogP contribution is -2.35. The highest BCUT2D eigenvalue weighted by molar-refractivity contribution is 5.56. The Hall–Kier alpha value is -1.42. The maximum absolute atomic E-state index is 5.58. The van der Waals surface area contributed by atoms with Gasteiger partial charge in [0.25, 0.3) is 0 Å². The summed E-state index contributed by atoms with van der Waals surface area (Å²) in [4.78, 5) is 6.55. The minimum absolute atomic E-state index is 0.711. The molecule has 1 aliphatic heterocycles. The fraction of sp³-hybridized carbons (Fsp3) is 0.400. The number of aromatic nitrogens is 1. The molecule has 0 spiro atoms. The van der Waals surface area contributed by atoms with Crippen LogP contribution in [0.2, 0.25) is 0 Å². The Morgan fingerprint density at radius 1 is 1.50 bits per heavy atom. The highest BCUT2D eigenvalue weighted by Crippen LogP contribution is 2.10. The van der Waals surface area contributed by atoms with E-state index in [1.54, 1.807) is 6.20 Å². The molecule has 0 fully saturated rings. The first kappa shape index (κ1) is 9.15. The van der Waals surface area contributed by atoms with Crippen LogP contribution in [-0.2, 0) is 0 Å². The van der Waals surface area contributed by atoms with Crippen LogP contribution >= 0.6 is 0 Å². The highest BCUT2D eigenvalue weighted by atomic mass is 15.2. The van der Waals surface area contributed by atoms with Crippen molar-refractivity contribution in [2.45, 2.75) is 0 Å². The monoisotopic (exact) mass is 191 g/mol. The van der Waals surface area contributed by atoms with Crippen molar-refractivity contribution in [3.63, 3.8) is 0 Å². The number of rotatable bonds is 1. The summed E-state index contributed by atoms with van der Waals surface area (Å²) in [7, 11) is 2.12. The van der Waals surface area contributed by atoms with Crippen molar-refractivity contribution in [2.24, 2.45) is 0 Å².